The summed E-state index contributed by atoms with van der Waals surface area (Å²) in [7, 11) is 0. The monoisotopic (exact) mass is 251 g/mol. The molecule has 3 aliphatic rings. The van der Waals surface area contributed by atoms with Gasteiger partial charge in [-0.05, 0) is 25.7 Å². The Balaban J connectivity index is 1.68. The van der Waals surface area contributed by atoms with E-state index >= 15 is 0 Å². The van der Waals surface area contributed by atoms with Crippen molar-refractivity contribution < 1.29 is 0 Å². The molecule has 3 saturated heterocycles. The molecule has 3 fully saturated rings. The van der Waals surface area contributed by atoms with E-state index in [4.69, 9.17) is 0 Å². The number of hydrogen-bond donors (Lipinski definition) is 1. The van der Waals surface area contributed by atoms with Gasteiger partial charge in [0.1, 0.15) is 0 Å². The van der Waals surface area contributed by atoms with Crippen LogP contribution in [0.15, 0.2) is 0 Å². The van der Waals surface area contributed by atoms with Gasteiger partial charge < -0.3 is 0 Å². The maximum atomic E-state index is 3.72. The highest BCUT2D eigenvalue weighted by Crippen LogP contribution is 2.29. The van der Waals surface area contributed by atoms with E-state index in [-0.39, 0.29) is 0 Å². The van der Waals surface area contributed by atoms with Crippen LogP contribution in [0.2, 0.25) is 0 Å². The normalized spacial score (nSPS) is 36.7. The molecular formula is C15H29N3. The lowest BCUT2D eigenvalue weighted by Crippen LogP contribution is -2.42. The molecule has 3 heterocycles. The average Bonchev–Trinajstić information content (AvgIpc) is 2.69. The van der Waals surface area contributed by atoms with E-state index in [2.05, 4.69) is 15.6 Å². The van der Waals surface area contributed by atoms with E-state index in [1.807, 2.05) is 0 Å². The Morgan fingerprint density at radius 3 is 1.56 bits per heavy atom. The van der Waals surface area contributed by atoms with Crippen molar-refractivity contribution in [3.63, 3.8) is 0 Å². The fraction of sp³-hybridized carbons (Fsp3) is 1.00. The van der Waals surface area contributed by atoms with Crippen LogP contribution < -0.4 is 5.53 Å². The predicted octanol–water partition coefficient (Wildman–Crippen LogP) is 3.08. The summed E-state index contributed by atoms with van der Waals surface area (Å²) >= 11 is 0. The zero-order valence-corrected chi connectivity index (χ0v) is 11.7. The van der Waals surface area contributed by atoms with Crippen molar-refractivity contribution >= 4 is 0 Å². The van der Waals surface area contributed by atoms with Crippen LogP contribution in [0.3, 0.4) is 0 Å². The summed E-state index contributed by atoms with van der Waals surface area (Å²) < 4.78 is 0. The molecule has 2 unspecified atom stereocenters. The van der Waals surface area contributed by atoms with Crippen molar-refractivity contribution in [2.75, 3.05) is 13.1 Å². The molecular weight excluding hydrogens is 222 g/mol. The molecule has 0 radical (unpaired) electrons. The summed E-state index contributed by atoms with van der Waals surface area (Å²) in [5.41, 5.74) is 3.72. The quantitative estimate of drug-likeness (QED) is 0.714. The molecule has 0 aliphatic carbocycles. The zero-order valence-electron chi connectivity index (χ0n) is 11.7. The SMILES string of the molecule is C1CCCC2C3CCCCCCN3NN2CCC1. The number of rotatable bonds is 0. The van der Waals surface area contributed by atoms with E-state index < -0.39 is 0 Å². The van der Waals surface area contributed by atoms with Gasteiger partial charge in [0.2, 0.25) is 0 Å². The summed E-state index contributed by atoms with van der Waals surface area (Å²) in [5, 5.41) is 5.16. The Labute approximate surface area is 112 Å². The molecule has 0 aromatic heterocycles. The first-order chi connectivity index (χ1) is 8.95. The van der Waals surface area contributed by atoms with Gasteiger partial charge in [0.05, 0.1) is 0 Å². The highest BCUT2D eigenvalue weighted by atomic mass is 15.8. The summed E-state index contributed by atoms with van der Waals surface area (Å²) in [6.07, 6.45) is 15.7. The van der Waals surface area contributed by atoms with Crippen LogP contribution in [-0.4, -0.2) is 35.2 Å². The van der Waals surface area contributed by atoms with Crippen LogP contribution in [0.1, 0.15) is 70.6 Å². The van der Waals surface area contributed by atoms with Crippen LogP contribution in [0.25, 0.3) is 0 Å². The molecule has 0 amide bonds. The number of fused-ring (bicyclic) bond motifs is 3. The highest BCUT2D eigenvalue weighted by Gasteiger charge is 2.39. The third-order valence-corrected chi connectivity index (χ3v) is 5.05. The lowest BCUT2D eigenvalue weighted by Gasteiger charge is -2.28. The Morgan fingerprint density at radius 2 is 1.00 bits per heavy atom. The second kappa shape index (κ2) is 6.36. The molecule has 0 aromatic rings. The van der Waals surface area contributed by atoms with Gasteiger partial charge in [-0.25, -0.2) is 10.0 Å². The van der Waals surface area contributed by atoms with E-state index in [0.717, 1.165) is 12.1 Å². The van der Waals surface area contributed by atoms with E-state index in [0.29, 0.717) is 0 Å². The maximum Gasteiger partial charge on any atom is 0.0426 e. The summed E-state index contributed by atoms with van der Waals surface area (Å²) in [6.45, 7) is 2.52. The molecule has 3 nitrogen and oxygen atoms in total. The van der Waals surface area contributed by atoms with E-state index in [1.54, 1.807) is 0 Å². The maximum absolute atomic E-state index is 3.72. The Bertz CT molecular complexity index is 256. The van der Waals surface area contributed by atoms with Gasteiger partial charge in [0, 0.05) is 25.2 Å². The summed E-state index contributed by atoms with van der Waals surface area (Å²) in [4.78, 5) is 0. The third-order valence-electron chi connectivity index (χ3n) is 5.05. The summed E-state index contributed by atoms with van der Waals surface area (Å²) in [5.74, 6) is 0. The molecule has 18 heavy (non-hydrogen) atoms. The van der Waals surface area contributed by atoms with Gasteiger partial charge in [0.25, 0.3) is 0 Å². The third kappa shape index (κ3) is 2.89. The number of nitrogens with zero attached hydrogens (tertiary/aromatic N) is 2. The molecule has 2 atom stereocenters. The van der Waals surface area contributed by atoms with Crippen LogP contribution >= 0.6 is 0 Å². The van der Waals surface area contributed by atoms with E-state index in [9.17, 15) is 0 Å². The smallest absolute Gasteiger partial charge is 0.0426 e. The molecule has 0 aromatic carbocycles. The number of hydrazine groups is 2. The standard InChI is InChI=1S/C15H29N3/c1-2-6-10-14-15-11-7-3-5-9-13-18(15)16-17(14)12-8-4-1/h14-16H,1-13H2. The van der Waals surface area contributed by atoms with Gasteiger partial charge in [0.15, 0.2) is 0 Å². The predicted molar refractivity (Wildman–Crippen MR) is 74.9 cm³/mol. The second-order valence-corrected chi connectivity index (χ2v) is 6.38. The van der Waals surface area contributed by atoms with Crippen molar-refractivity contribution in [2.45, 2.75) is 82.7 Å². The molecule has 3 heteroatoms. The van der Waals surface area contributed by atoms with Crippen LogP contribution in [0, 0.1) is 0 Å². The molecule has 3 aliphatic heterocycles. The zero-order chi connectivity index (χ0) is 12.2. The Hall–Kier alpha value is -0.120. The minimum Gasteiger partial charge on any atom is -0.226 e. The molecule has 0 bridgehead atoms. The summed E-state index contributed by atoms with van der Waals surface area (Å²) in [6, 6.07) is 1.59. The molecule has 0 saturated carbocycles. The molecule has 1 N–H and O–H groups in total. The lowest BCUT2D eigenvalue weighted by atomic mass is 9.94. The molecule has 104 valence electrons. The van der Waals surface area contributed by atoms with Crippen LogP contribution in [0.4, 0.5) is 0 Å². The largest absolute Gasteiger partial charge is 0.226 e. The fourth-order valence-corrected chi connectivity index (χ4v) is 4.01. The Morgan fingerprint density at radius 1 is 0.556 bits per heavy atom. The first kappa shape index (κ1) is 12.9. The van der Waals surface area contributed by atoms with Gasteiger partial charge >= 0.3 is 0 Å². The highest BCUT2D eigenvalue weighted by molar-refractivity contribution is 4.90. The fourth-order valence-electron chi connectivity index (χ4n) is 4.01. The van der Waals surface area contributed by atoms with Crippen LogP contribution in [-0.2, 0) is 0 Å². The average molecular weight is 251 g/mol. The first-order valence-corrected chi connectivity index (χ1v) is 8.25. The van der Waals surface area contributed by atoms with Gasteiger partial charge in [-0.1, -0.05) is 44.9 Å². The van der Waals surface area contributed by atoms with E-state index in [1.165, 1.54) is 83.7 Å². The van der Waals surface area contributed by atoms with Crippen molar-refractivity contribution in [2.24, 2.45) is 0 Å². The van der Waals surface area contributed by atoms with Crippen molar-refractivity contribution in [3.05, 3.63) is 0 Å². The van der Waals surface area contributed by atoms with Gasteiger partial charge in [-0.15, -0.1) is 0 Å². The van der Waals surface area contributed by atoms with Gasteiger partial charge in [-0.2, -0.15) is 5.53 Å². The van der Waals surface area contributed by atoms with Gasteiger partial charge in [-0.3, -0.25) is 0 Å². The topological polar surface area (TPSA) is 18.5 Å². The Kier molecular flexibility index (Phi) is 4.55. The van der Waals surface area contributed by atoms with Crippen molar-refractivity contribution in [3.8, 4) is 0 Å². The minimum absolute atomic E-state index is 0.793. The molecule has 0 spiro atoms. The van der Waals surface area contributed by atoms with Crippen molar-refractivity contribution in [1.29, 1.82) is 0 Å². The number of nitrogens with one attached hydrogen (secondary N) is 1. The minimum atomic E-state index is 0.793. The first-order valence-electron chi connectivity index (χ1n) is 8.25. The lowest BCUT2D eigenvalue weighted by molar-refractivity contribution is 0.0887. The van der Waals surface area contributed by atoms with Crippen molar-refractivity contribution in [1.82, 2.24) is 15.6 Å². The number of hydrogen-bond acceptors (Lipinski definition) is 3. The van der Waals surface area contributed by atoms with Crippen LogP contribution in [0.5, 0.6) is 0 Å². The molecule has 3 rings (SSSR count). The second-order valence-electron chi connectivity index (χ2n) is 6.38.